The minimum atomic E-state index is -1.73. The molecule has 1 aromatic carbocycles. The van der Waals surface area contributed by atoms with E-state index in [1.807, 2.05) is 30.3 Å². The van der Waals surface area contributed by atoms with Crippen LogP contribution in [0, 0.1) is 0 Å². The van der Waals surface area contributed by atoms with Crippen molar-refractivity contribution in [3.63, 3.8) is 0 Å². The summed E-state index contributed by atoms with van der Waals surface area (Å²) in [6.45, 7) is -0.548. The van der Waals surface area contributed by atoms with Crippen LogP contribution in [0.4, 0.5) is 4.39 Å². The van der Waals surface area contributed by atoms with Crippen LogP contribution >= 0.6 is 0 Å². The second kappa shape index (κ2) is 6.07. The summed E-state index contributed by atoms with van der Waals surface area (Å²) in [7, 11) is 0. The van der Waals surface area contributed by atoms with Gasteiger partial charge >= 0.3 is 0 Å². The molecule has 0 amide bonds. The number of aromatic nitrogens is 3. The van der Waals surface area contributed by atoms with Crippen LogP contribution in [-0.4, -0.2) is 49.7 Å². The van der Waals surface area contributed by atoms with E-state index in [2.05, 4.69) is 9.97 Å². The maximum atomic E-state index is 14.1. The molecule has 2 aromatic heterocycles. The van der Waals surface area contributed by atoms with Gasteiger partial charge in [-0.2, -0.15) is 0 Å². The van der Waals surface area contributed by atoms with E-state index in [4.69, 9.17) is 4.74 Å². The number of nitrogens with one attached hydrogen (secondary N) is 1. The molecule has 1 aliphatic heterocycles. The molecule has 3 N–H and O–H groups in total. The van der Waals surface area contributed by atoms with Crippen LogP contribution in [0.1, 0.15) is 6.23 Å². The van der Waals surface area contributed by atoms with Crippen molar-refractivity contribution in [2.45, 2.75) is 24.6 Å². The second-order valence-electron chi connectivity index (χ2n) is 5.93. The summed E-state index contributed by atoms with van der Waals surface area (Å²) < 4.78 is 21.0. The number of nitrogens with zero attached hydrogens (tertiary/aromatic N) is 2. The standard InChI is InChI=1S/C17H16FN3O4/c18-13-11(7-22)25-17(14(13)23)21-6-10(9-4-2-1-3-5-9)12-15(21)19-8-20-16(12)24/h1-6,8,11,13-14,17,22-23H,7H2,(H,19,20,24)/t11-,13-,14-,17-/m1/s1. The molecule has 7 nitrogen and oxygen atoms in total. The number of hydrogen-bond acceptors (Lipinski definition) is 5. The number of H-pyrrole nitrogens is 1. The fourth-order valence-electron chi connectivity index (χ4n) is 3.21. The highest BCUT2D eigenvalue weighted by Crippen LogP contribution is 2.36. The van der Waals surface area contributed by atoms with Crippen molar-refractivity contribution in [3.05, 3.63) is 53.2 Å². The normalized spacial score (nSPS) is 26.4. The molecule has 0 bridgehead atoms. The minimum absolute atomic E-state index is 0.275. The Hall–Kier alpha value is -2.55. The number of aromatic amines is 1. The second-order valence-corrected chi connectivity index (χ2v) is 5.93. The zero-order chi connectivity index (χ0) is 17.6. The molecule has 3 heterocycles. The van der Waals surface area contributed by atoms with Crippen LogP contribution in [-0.2, 0) is 4.74 Å². The number of ether oxygens (including phenoxy) is 1. The molecule has 1 saturated heterocycles. The highest BCUT2D eigenvalue weighted by Gasteiger charge is 2.45. The van der Waals surface area contributed by atoms with Gasteiger partial charge in [-0.05, 0) is 5.56 Å². The summed E-state index contributed by atoms with van der Waals surface area (Å²) in [5.41, 5.74) is 1.32. The summed E-state index contributed by atoms with van der Waals surface area (Å²) in [5.74, 6) is 0. The Morgan fingerprint density at radius 1 is 1.32 bits per heavy atom. The van der Waals surface area contributed by atoms with Gasteiger partial charge in [-0.25, -0.2) is 9.37 Å². The van der Waals surface area contributed by atoms with E-state index in [-0.39, 0.29) is 11.2 Å². The summed E-state index contributed by atoms with van der Waals surface area (Å²) in [5, 5.41) is 19.7. The van der Waals surface area contributed by atoms with Crippen molar-refractivity contribution in [2.24, 2.45) is 0 Å². The number of halogens is 1. The van der Waals surface area contributed by atoms with E-state index in [1.54, 1.807) is 6.20 Å². The molecule has 8 heteroatoms. The molecule has 3 aromatic rings. The van der Waals surface area contributed by atoms with Gasteiger partial charge in [-0.3, -0.25) is 4.79 Å². The maximum absolute atomic E-state index is 14.1. The molecular weight excluding hydrogens is 329 g/mol. The SMILES string of the molecule is O=c1[nH]cnc2c1c(-c1ccccc1)cn2[C@@H]1O[C@H](CO)[C@@H](F)[C@H]1O. The topological polar surface area (TPSA) is 100 Å². The highest BCUT2D eigenvalue weighted by molar-refractivity contribution is 5.93. The number of fused-ring (bicyclic) bond motifs is 1. The molecule has 130 valence electrons. The third kappa shape index (κ3) is 2.46. The first-order valence-electron chi connectivity index (χ1n) is 7.84. The van der Waals surface area contributed by atoms with Crippen molar-refractivity contribution >= 4 is 11.0 Å². The lowest BCUT2D eigenvalue weighted by molar-refractivity contribution is -0.0492. The molecule has 25 heavy (non-hydrogen) atoms. The average Bonchev–Trinajstić information content (AvgIpc) is 3.15. The highest BCUT2D eigenvalue weighted by atomic mass is 19.1. The summed E-state index contributed by atoms with van der Waals surface area (Å²) in [6.07, 6.45) is -2.55. The fourth-order valence-corrected chi connectivity index (χ4v) is 3.21. The van der Waals surface area contributed by atoms with Crippen LogP contribution in [0.15, 0.2) is 47.7 Å². The van der Waals surface area contributed by atoms with Gasteiger partial charge in [0.1, 0.15) is 17.9 Å². The molecule has 0 aliphatic carbocycles. The van der Waals surface area contributed by atoms with Crippen LogP contribution < -0.4 is 5.56 Å². The van der Waals surface area contributed by atoms with Crippen LogP contribution in [0.5, 0.6) is 0 Å². The molecule has 0 spiro atoms. The maximum Gasteiger partial charge on any atom is 0.260 e. The number of alkyl halides is 1. The lowest BCUT2D eigenvalue weighted by Gasteiger charge is -2.16. The van der Waals surface area contributed by atoms with Gasteiger partial charge in [0.05, 0.1) is 18.3 Å². The molecular formula is C17H16FN3O4. The Kier molecular flexibility index (Phi) is 3.87. The first-order valence-corrected chi connectivity index (χ1v) is 7.84. The average molecular weight is 345 g/mol. The van der Waals surface area contributed by atoms with Gasteiger partial charge in [0.15, 0.2) is 12.4 Å². The molecule has 1 fully saturated rings. The number of aliphatic hydroxyl groups is 2. The lowest BCUT2D eigenvalue weighted by Crippen LogP contribution is -2.29. The third-order valence-electron chi connectivity index (χ3n) is 4.44. The van der Waals surface area contributed by atoms with Crippen LogP contribution in [0.3, 0.4) is 0 Å². The number of hydrogen-bond donors (Lipinski definition) is 3. The predicted molar refractivity (Wildman–Crippen MR) is 87.7 cm³/mol. The number of benzene rings is 1. The smallest absolute Gasteiger partial charge is 0.260 e. The first-order chi connectivity index (χ1) is 12.1. The Morgan fingerprint density at radius 2 is 2.08 bits per heavy atom. The Bertz CT molecular complexity index is 955. The zero-order valence-electron chi connectivity index (χ0n) is 13.0. The van der Waals surface area contributed by atoms with Gasteiger partial charge in [0, 0.05) is 11.8 Å². The van der Waals surface area contributed by atoms with Crippen molar-refractivity contribution in [1.82, 2.24) is 14.5 Å². The molecule has 0 saturated carbocycles. The Balaban J connectivity index is 1.92. The van der Waals surface area contributed by atoms with Gasteiger partial charge in [0.25, 0.3) is 5.56 Å². The number of rotatable bonds is 3. The van der Waals surface area contributed by atoms with Crippen molar-refractivity contribution in [1.29, 1.82) is 0 Å². The van der Waals surface area contributed by atoms with Gasteiger partial charge in [-0.15, -0.1) is 0 Å². The summed E-state index contributed by atoms with van der Waals surface area (Å²) in [4.78, 5) is 19.0. The molecule has 4 atom stereocenters. The van der Waals surface area contributed by atoms with E-state index in [1.165, 1.54) is 10.9 Å². The third-order valence-corrected chi connectivity index (χ3v) is 4.44. The van der Waals surface area contributed by atoms with E-state index in [9.17, 15) is 19.4 Å². The van der Waals surface area contributed by atoms with Gasteiger partial charge in [0.2, 0.25) is 0 Å². The quantitative estimate of drug-likeness (QED) is 0.657. The van der Waals surface area contributed by atoms with Crippen LogP contribution in [0.2, 0.25) is 0 Å². The minimum Gasteiger partial charge on any atom is -0.394 e. The molecule has 4 rings (SSSR count). The van der Waals surface area contributed by atoms with E-state index in [0.29, 0.717) is 10.9 Å². The van der Waals surface area contributed by atoms with Crippen molar-refractivity contribution in [3.8, 4) is 11.1 Å². The van der Waals surface area contributed by atoms with Crippen molar-refractivity contribution in [2.75, 3.05) is 6.61 Å². The van der Waals surface area contributed by atoms with E-state index >= 15 is 0 Å². The Labute approximate surface area is 141 Å². The fraction of sp³-hybridized carbons (Fsp3) is 0.294. The summed E-state index contributed by atoms with van der Waals surface area (Å²) in [6, 6.07) is 9.21. The lowest BCUT2D eigenvalue weighted by atomic mass is 10.1. The molecule has 0 radical (unpaired) electrons. The Morgan fingerprint density at radius 3 is 2.76 bits per heavy atom. The van der Waals surface area contributed by atoms with Gasteiger partial charge in [-0.1, -0.05) is 30.3 Å². The summed E-state index contributed by atoms with van der Waals surface area (Å²) >= 11 is 0. The van der Waals surface area contributed by atoms with Crippen LogP contribution in [0.25, 0.3) is 22.2 Å². The predicted octanol–water partition coefficient (Wildman–Crippen LogP) is 0.980. The van der Waals surface area contributed by atoms with Crippen molar-refractivity contribution < 1.29 is 19.3 Å². The molecule has 1 aliphatic rings. The monoisotopic (exact) mass is 345 g/mol. The first kappa shape index (κ1) is 15.9. The van der Waals surface area contributed by atoms with E-state index < -0.39 is 31.2 Å². The number of aliphatic hydroxyl groups excluding tert-OH is 2. The van der Waals surface area contributed by atoms with E-state index in [0.717, 1.165) is 5.56 Å². The van der Waals surface area contributed by atoms with Gasteiger partial charge < -0.3 is 24.5 Å². The molecule has 0 unspecified atom stereocenters. The zero-order valence-corrected chi connectivity index (χ0v) is 13.0. The largest absolute Gasteiger partial charge is 0.394 e.